The molecule has 0 aliphatic heterocycles. The first-order chi connectivity index (χ1) is 9.92. The number of hydrogen-bond acceptors (Lipinski definition) is 4. The molecule has 0 radical (unpaired) electrons. The number of aromatic nitrogens is 2. The molecule has 0 saturated heterocycles. The van der Waals surface area contributed by atoms with Crippen LogP contribution in [0, 0.1) is 6.92 Å². The molecule has 0 bridgehead atoms. The highest BCUT2D eigenvalue weighted by atomic mass is 35.5. The van der Waals surface area contributed by atoms with Gasteiger partial charge in [-0.25, -0.2) is 4.98 Å². The van der Waals surface area contributed by atoms with Crippen molar-refractivity contribution < 1.29 is 13.2 Å². The number of imidazole rings is 1. The van der Waals surface area contributed by atoms with Gasteiger partial charge in [0.2, 0.25) is 0 Å². The van der Waals surface area contributed by atoms with Crippen molar-refractivity contribution in [2.24, 2.45) is 0 Å². The Morgan fingerprint density at radius 2 is 2.19 bits per heavy atom. The molecule has 0 atom stereocenters. The zero-order valence-electron chi connectivity index (χ0n) is 11.7. The van der Waals surface area contributed by atoms with E-state index in [2.05, 4.69) is 14.7 Å². The molecule has 0 fully saturated rings. The smallest absolute Gasteiger partial charge is 0.278 e. The van der Waals surface area contributed by atoms with Gasteiger partial charge in [0.25, 0.3) is 10.0 Å². The van der Waals surface area contributed by atoms with Crippen molar-refractivity contribution in [3.8, 4) is 5.75 Å². The molecule has 2 rings (SSSR count). The maximum Gasteiger partial charge on any atom is 0.278 e. The molecule has 0 saturated carbocycles. The number of benzene rings is 1. The molecule has 2 N–H and O–H groups in total. The van der Waals surface area contributed by atoms with Crippen molar-refractivity contribution in [2.75, 3.05) is 11.3 Å². The van der Waals surface area contributed by atoms with Crippen LogP contribution in [-0.4, -0.2) is 25.0 Å². The molecule has 2 aromatic rings. The lowest BCUT2D eigenvalue weighted by Crippen LogP contribution is -2.13. The number of anilines is 1. The summed E-state index contributed by atoms with van der Waals surface area (Å²) < 4.78 is 32.1. The number of nitrogens with zero attached hydrogens (tertiary/aromatic N) is 1. The third-order valence-corrected chi connectivity index (χ3v) is 4.20. The van der Waals surface area contributed by atoms with Gasteiger partial charge in [0.05, 0.1) is 23.5 Å². The van der Waals surface area contributed by atoms with Crippen LogP contribution in [0.3, 0.4) is 0 Å². The topological polar surface area (TPSA) is 84.1 Å². The van der Waals surface area contributed by atoms with E-state index in [1.54, 1.807) is 19.1 Å². The Kier molecular flexibility index (Phi) is 4.74. The van der Waals surface area contributed by atoms with Gasteiger partial charge in [-0.1, -0.05) is 18.5 Å². The average molecular weight is 330 g/mol. The minimum Gasteiger partial charge on any atom is -0.492 e. The van der Waals surface area contributed by atoms with E-state index in [9.17, 15) is 8.42 Å². The monoisotopic (exact) mass is 329 g/mol. The third kappa shape index (κ3) is 3.89. The minimum absolute atomic E-state index is 0.00225. The quantitative estimate of drug-likeness (QED) is 0.853. The van der Waals surface area contributed by atoms with Crippen LogP contribution in [0.15, 0.2) is 29.4 Å². The van der Waals surface area contributed by atoms with Crippen molar-refractivity contribution in [1.29, 1.82) is 0 Å². The molecule has 1 aromatic heterocycles. The number of hydrogen-bond donors (Lipinski definition) is 2. The van der Waals surface area contributed by atoms with Crippen LogP contribution in [-0.2, 0) is 10.0 Å². The van der Waals surface area contributed by atoms with Gasteiger partial charge in [-0.05, 0) is 31.5 Å². The van der Waals surface area contributed by atoms with Crippen molar-refractivity contribution in [3.05, 3.63) is 35.2 Å². The Morgan fingerprint density at radius 1 is 1.43 bits per heavy atom. The minimum atomic E-state index is -3.71. The molecule has 0 unspecified atom stereocenters. The molecule has 0 amide bonds. The van der Waals surface area contributed by atoms with Crippen LogP contribution in [0.25, 0.3) is 0 Å². The van der Waals surface area contributed by atoms with Gasteiger partial charge in [0.15, 0.2) is 5.03 Å². The molecular weight excluding hydrogens is 314 g/mol. The zero-order chi connectivity index (χ0) is 15.5. The predicted octanol–water partition coefficient (Wildman–Crippen LogP) is 2.96. The Morgan fingerprint density at radius 3 is 2.76 bits per heavy atom. The summed E-state index contributed by atoms with van der Waals surface area (Å²) in [4.78, 5) is 6.54. The van der Waals surface area contributed by atoms with Crippen LogP contribution >= 0.6 is 11.6 Å². The summed E-state index contributed by atoms with van der Waals surface area (Å²) in [5, 5.41) is 0.354. The molecule has 114 valence electrons. The van der Waals surface area contributed by atoms with Crippen LogP contribution in [0.2, 0.25) is 5.02 Å². The Labute approximate surface area is 128 Å². The number of aromatic amines is 1. The number of halogens is 1. The van der Waals surface area contributed by atoms with E-state index in [1.165, 1.54) is 12.3 Å². The van der Waals surface area contributed by atoms with E-state index in [1.807, 2.05) is 6.92 Å². The lowest BCUT2D eigenvalue weighted by molar-refractivity contribution is 0.317. The van der Waals surface area contributed by atoms with E-state index in [0.29, 0.717) is 28.9 Å². The first-order valence-corrected chi connectivity index (χ1v) is 8.25. The first-order valence-electron chi connectivity index (χ1n) is 6.39. The van der Waals surface area contributed by atoms with Gasteiger partial charge in [-0.3, -0.25) is 4.72 Å². The molecular formula is C13H16ClN3O3S. The fourth-order valence-electron chi connectivity index (χ4n) is 1.64. The van der Waals surface area contributed by atoms with Gasteiger partial charge in [0, 0.05) is 0 Å². The number of rotatable bonds is 6. The molecule has 8 heteroatoms. The highest BCUT2D eigenvalue weighted by molar-refractivity contribution is 7.92. The number of nitrogens with one attached hydrogen (secondary N) is 2. The molecule has 21 heavy (non-hydrogen) atoms. The van der Waals surface area contributed by atoms with Crippen LogP contribution in [0.5, 0.6) is 5.75 Å². The fourth-order valence-corrected chi connectivity index (χ4v) is 2.89. The molecule has 0 aliphatic rings. The van der Waals surface area contributed by atoms with E-state index >= 15 is 0 Å². The molecule has 0 aliphatic carbocycles. The lowest BCUT2D eigenvalue weighted by atomic mass is 10.3. The van der Waals surface area contributed by atoms with Crippen molar-refractivity contribution in [2.45, 2.75) is 25.3 Å². The fraction of sp³-hybridized carbons (Fsp3) is 0.308. The summed E-state index contributed by atoms with van der Waals surface area (Å²) >= 11 is 6.06. The van der Waals surface area contributed by atoms with Gasteiger partial charge in [-0.2, -0.15) is 8.42 Å². The first kappa shape index (κ1) is 15.7. The number of H-pyrrole nitrogens is 1. The summed E-state index contributed by atoms with van der Waals surface area (Å²) in [7, 11) is -3.71. The Balaban J connectivity index is 2.18. The molecule has 1 aromatic carbocycles. The number of ether oxygens (including phenoxy) is 1. The SMILES string of the molecule is CCCOc1ccc(NS(=O)(=O)c2cnc(C)[nH]2)cc1Cl. The largest absolute Gasteiger partial charge is 0.492 e. The van der Waals surface area contributed by atoms with E-state index < -0.39 is 10.0 Å². The maximum atomic E-state index is 12.1. The normalized spacial score (nSPS) is 11.4. The predicted molar refractivity (Wildman–Crippen MR) is 81.4 cm³/mol. The second-order valence-corrected chi connectivity index (χ2v) is 6.49. The Bertz CT molecular complexity index is 728. The standard InChI is InChI=1S/C13H16ClN3O3S/c1-3-6-20-12-5-4-10(7-11(12)14)17-21(18,19)13-8-15-9(2)16-13/h4-5,7-8,17H,3,6H2,1-2H3,(H,15,16). The van der Waals surface area contributed by atoms with E-state index in [-0.39, 0.29) is 5.03 Å². The summed E-state index contributed by atoms with van der Waals surface area (Å²) in [5.74, 6) is 1.05. The number of sulfonamides is 1. The van der Waals surface area contributed by atoms with Crippen LogP contribution in [0.1, 0.15) is 19.2 Å². The summed E-state index contributed by atoms with van der Waals surface area (Å²) in [6.07, 6.45) is 2.13. The molecule has 1 heterocycles. The lowest BCUT2D eigenvalue weighted by Gasteiger charge is -2.10. The van der Waals surface area contributed by atoms with Gasteiger partial charge in [-0.15, -0.1) is 0 Å². The highest BCUT2D eigenvalue weighted by Gasteiger charge is 2.17. The Hall–Kier alpha value is -1.73. The zero-order valence-corrected chi connectivity index (χ0v) is 13.3. The summed E-state index contributed by atoms with van der Waals surface area (Å²) in [6, 6.07) is 4.74. The van der Waals surface area contributed by atoms with Gasteiger partial charge in [0.1, 0.15) is 11.6 Å². The average Bonchev–Trinajstić information content (AvgIpc) is 2.85. The van der Waals surface area contributed by atoms with E-state index in [4.69, 9.17) is 16.3 Å². The molecule has 0 spiro atoms. The van der Waals surface area contributed by atoms with E-state index in [0.717, 1.165) is 6.42 Å². The van der Waals surface area contributed by atoms with Crippen molar-refractivity contribution >= 4 is 27.3 Å². The molecule has 6 nitrogen and oxygen atoms in total. The summed E-state index contributed by atoms with van der Waals surface area (Å²) in [6.45, 7) is 4.22. The van der Waals surface area contributed by atoms with Gasteiger partial charge < -0.3 is 9.72 Å². The van der Waals surface area contributed by atoms with Crippen molar-refractivity contribution in [3.63, 3.8) is 0 Å². The summed E-state index contributed by atoms with van der Waals surface area (Å²) in [5.41, 5.74) is 0.358. The highest BCUT2D eigenvalue weighted by Crippen LogP contribution is 2.28. The number of aryl methyl sites for hydroxylation is 1. The maximum absolute atomic E-state index is 12.1. The van der Waals surface area contributed by atoms with Gasteiger partial charge >= 0.3 is 0 Å². The van der Waals surface area contributed by atoms with Crippen LogP contribution < -0.4 is 9.46 Å². The second-order valence-electron chi connectivity index (χ2n) is 4.43. The second kappa shape index (κ2) is 6.36. The van der Waals surface area contributed by atoms with Crippen molar-refractivity contribution in [1.82, 2.24) is 9.97 Å². The third-order valence-electron chi connectivity index (χ3n) is 2.61. The van der Waals surface area contributed by atoms with Crippen LogP contribution in [0.4, 0.5) is 5.69 Å².